The Morgan fingerprint density at radius 2 is 1.91 bits per heavy atom. The maximum absolute atomic E-state index is 12.2. The SMILES string of the molecule is CCOc1ccc(CC[C@@H]2O[C@@H]3c4cccc(C(C)C)c4OC(C)(C)[C@H]3C[C@@H]2C(=O)O)cc1. The van der Waals surface area contributed by atoms with Gasteiger partial charge in [-0.15, -0.1) is 0 Å². The fourth-order valence-corrected chi connectivity index (χ4v) is 5.33. The second-order valence-electron chi connectivity index (χ2n) is 10.1. The molecular formula is C28H36O5. The topological polar surface area (TPSA) is 65.0 Å². The van der Waals surface area contributed by atoms with Gasteiger partial charge in [-0.3, -0.25) is 4.79 Å². The van der Waals surface area contributed by atoms with Crippen molar-refractivity contribution in [3.63, 3.8) is 0 Å². The molecule has 0 amide bonds. The quantitative estimate of drug-likeness (QED) is 0.545. The molecule has 0 aromatic heterocycles. The molecule has 2 aromatic rings. The third kappa shape index (κ3) is 4.74. The summed E-state index contributed by atoms with van der Waals surface area (Å²) in [4.78, 5) is 12.2. The minimum Gasteiger partial charge on any atom is -0.494 e. The Balaban J connectivity index is 1.59. The van der Waals surface area contributed by atoms with Crippen LogP contribution in [0.4, 0.5) is 0 Å². The zero-order chi connectivity index (χ0) is 23.8. The van der Waals surface area contributed by atoms with E-state index in [2.05, 4.69) is 45.9 Å². The van der Waals surface area contributed by atoms with Gasteiger partial charge in [0.05, 0.1) is 24.7 Å². The molecule has 0 saturated carbocycles. The molecule has 2 aromatic carbocycles. The molecule has 4 atom stereocenters. The maximum Gasteiger partial charge on any atom is 0.309 e. The van der Waals surface area contributed by atoms with Gasteiger partial charge in [0.1, 0.15) is 17.1 Å². The van der Waals surface area contributed by atoms with Crippen molar-refractivity contribution in [3.8, 4) is 11.5 Å². The first kappa shape index (κ1) is 23.6. The van der Waals surface area contributed by atoms with Gasteiger partial charge in [0.2, 0.25) is 0 Å². The molecule has 0 radical (unpaired) electrons. The summed E-state index contributed by atoms with van der Waals surface area (Å²) in [7, 11) is 0. The number of benzene rings is 2. The van der Waals surface area contributed by atoms with E-state index in [1.165, 1.54) is 5.56 Å². The molecule has 0 spiro atoms. The second-order valence-corrected chi connectivity index (χ2v) is 10.1. The minimum absolute atomic E-state index is 0.0183. The Kier molecular flexibility index (Phi) is 6.71. The van der Waals surface area contributed by atoms with E-state index in [-0.39, 0.29) is 18.1 Å². The molecule has 0 unspecified atom stereocenters. The van der Waals surface area contributed by atoms with E-state index in [0.717, 1.165) is 29.0 Å². The van der Waals surface area contributed by atoms with Crippen molar-refractivity contribution < 1.29 is 24.1 Å². The number of para-hydroxylation sites is 1. The Labute approximate surface area is 197 Å². The lowest BCUT2D eigenvalue weighted by Gasteiger charge is -2.51. The number of carboxylic acid groups (broad SMARTS) is 1. The van der Waals surface area contributed by atoms with Crippen LogP contribution in [0, 0.1) is 11.8 Å². The van der Waals surface area contributed by atoms with Gasteiger partial charge in [-0.25, -0.2) is 0 Å². The van der Waals surface area contributed by atoms with Crippen LogP contribution in [0.5, 0.6) is 11.5 Å². The largest absolute Gasteiger partial charge is 0.494 e. The van der Waals surface area contributed by atoms with Gasteiger partial charge in [0.15, 0.2) is 0 Å². The second kappa shape index (κ2) is 9.38. The van der Waals surface area contributed by atoms with Gasteiger partial charge in [-0.1, -0.05) is 44.2 Å². The summed E-state index contributed by atoms with van der Waals surface area (Å²) in [5, 5.41) is 10.0. The molecule has 1 saturated heterocycles. The van der Waals surface area contributed by atoms with Crippen LogP contribution >= 0.6 is 0 Å². The highest BCUT2D eigenvalue weighted by Gasteiger charge is 2.52. The Morgan fingerprint density at radius 3 is 2.55 bits per heavy atom. The van der Waals surface area contributed by atoms with Crippen molar-refractivity contribution in [2.45, 2.75) is 77.6 Å². The van der Waals surface area contributed by atoms with Gasteiger partial charge in [-0.2, -0.15) is 0 Å². The minimum atomic E-state index is -0.789. The predicted molar refractivity (Wildman–Crippen MR) is 128 cm³/mol. The van der Waals surface area contributed by atoms with E-state index >= 15 is 0 Å². The number of aryl methyl sites for hydroxylation is 1. The fourth-order valence-electron chi connectivity index (χ4n) is 5.33. The number of hydrogen-bond donors (Lipinski definition) is 1. The van der Waals surface area contributed by atoms with Crippen LogP contribution in [0.15, 0.2) is 42.5 Å². The number of ether oxygens (including phenoxy) is 3. The summed E-state index contributed by atoms with van der Waals surface area (Å²) in [6.45, 7) is 11.1. The molecule has 4 rings (SSSR count). The summed E-state index contributed by atoms with van der Waals surface area (Å²) < 4.78 is 18.7. The molecule has 1 fully saturated rings. The number of rotatable bonds is 7. The number of carboxylic acids is 1. The van der Waals surface area contributed by atoms with Crippen molar-refractivity contribution in [2.24, 2.45) is 11.8 Å². The van der Waals surface area contributed by atoms with Crippen molar-refractivity contribution in [2.75, 3.05) is 6.61 Å². The molecule has 0 bridgehead atoms. The molecule has 5 heteroatoms. The van der Waals surface area contributed by atoms with Crippen molar-refractivity contribution in [3.05, 3.63) is 59.2 Å². The number of fused-ring (bicyclic) bond motifs is 3. The van der Waals surface area contributed by atoms with Gasteiger partial charge < -0.3 is 19.3 Å². The highest BCUT2D eigenvalue weighted by Crippen LogP contribution is 2.54. The summed E-state index contributed by atoms with van der Waals surface area (Å²) in [5.41, 5.74) is 2.88. The van der Waals surface area contributed by atoms with E-state index in [1.54, 1.807) is 0 Å². The number of aliphatic carboxylic acids is 1. The lowest BCUT2D eigenvalue weighted by Crippen LogP contribution is -2.52. The molecule has 2 heterocycles. The van der Waals surface area contributed by atoms with E-state index in [0.29, 0.717) is 25.4 Å². The van der Waals surface area contributed by atoms with Gasteiger partial charge in [0, 0.05) is 11.5 Å². The normalized spacial score (nSPS) is 25.6. The molecule has 1 N–H and O–H groups in total. The molecule has 2 aliphatic heterocycles. The van der Waals surface area contributed by atoms with E-state index < -0.39 is 17.5 Å². The third-order valence-electron chi connectivity index (χ3n) is 7.18. The highest BCUT2D eigenvalue weighted by molar-refractivity contribution is 5.71. The van der Waals surface area contributed by atoms with Crippen molar-refractivity contribution in [1.29, 1.82) is 0 Å². The first-order valence-corrected chi connectivity index (χ1v) is 12.1. The monoisotopic (exact) mass is 452 g/mol. The van der Waals surface area contributed by atoms with Gasteiger partial charge >= 0.3 is 5.97 Å². The zero-order valence-electron chi connectivity index (χ0n) is 20.3. The average molecular weight is 453 g/mol. The highest BCUT2D eigenvalue weighted by atomic mass is 16.5. The van der Waals surface area contributed by atoms with Crippen molar-refractivity contribution >= 4 is 5.97 Å². The smallest absolute Gasteiger partial charge is 0.309 e. The van der Waals surface area contributed by atoms with Crippen LogP contribution in [0.3, 0.4) is 0 Å². The zero-order valence-corrected chi connectivity index (χ0v) is 20.3. The third-order valence-corrected chi connectivity index (χ3v) is 7.18. The number of hydrogen-bond acceptors (Lipinski definition) is 4. The average Bonchev–Trinajstić information content (AvgIpc) is 2.77. The van der Waals surface area contributed by atoms with E-state index in [9.17, 15) is 9.90 Å². The van der Waals surface area contributed by atoms with E-state index in [1.807, 2.05) is 31.2 Å². The fraction of sp³-hybridized carbons (Fsp3) is 0.536. The maximum atomic E-state index is 12.2. The lowest BCUT2D eigenvalue weighted by atomic mass is 9.71. The Bertz CT molecular complexity index is 978. The number of carbonyl (C=O) groups is 1. The summed E-state index contributed by atoms with van der Waals surface area (Å²) in [5.74, 6) is 0.740. The van der Waals surface area contributed by atoms with Gasteiger partial charge in [-0.05, 0) is 69.2 Å². The first-order valence-electron chi connectivity index (χ1n) is 12.1. The Hall–Kier alpha value is -2.53. The van der Waals surface area contributed by atoms with Crippen LogP contribution in [-0.2, 0) is 16.0 Å². The van der Waals surface area contributed by atoms with E-state index in [4.69, 9.17) is 14.2 Å². The molecule has 0 aliphatic carbocycles. The van der Waals surface area contributed by atoms with Crippen LogP contribution in [0.1, 0.15) is 76.2 Å². The molecule has 5 nitrogen and oxygen atoms in total. The first-order chi connectivity index (χ1) is 15.7. The molecule has 2 aliphatic rings. The van der Waals surface area contributed by atoms with Crippen LogP contribution < -0.4 is 9.47 Å². The summed E-state index contributed by atoms with van der Waals surface area (Å²) in [6, 6.07) is 14.3. The molecular weight excluding hydrogens is 416 g/mol. The van der Waals surface area contributed by atoms with Crippen LogP contribution in [0.2, 0.25) is 0 Å². The summed E-state index contributed by atoms with van der Waals surface area (Å²) in [6.07, 6.45) is 1.46. The van der Waals surface area contributed by atoms with Crippen LogP contribution in [-0.4, -0.2) is 29.4 Å². The van der Waals surface area contributed by atoms with Gasteiger partial charge in [0.25, 0.3) is 0 Å². The molecule has 178 valence electrons. The summed E-state index contributed by atoms with van der Waals surface area (Å²) >= 11 is 0. The van der Waals surface area contributed by atoms with Crippen molar-refractivity contribution in [1.82, 2.24) is 0 Å². The molecule has 33 heavy (non-hydrogen) atoms. The predicted octanol–water partition coefficient (Wildman–Crippen LogP) is 6.16. The Morgan fingerprint density at radius 1 is 1.18 bits per heavy atom. The lowest BCUT2D eigenvalue weighted by molar-refractivity contribution is -0.188. The standard InChI is InChI=1S/C28H36O5/c1-6-31-19-13-10-18(11-14-19)12-15-24-22(27(29)30)16-23-26(32-24)21-9-7-8-20(17(2)3)25(21)33-28(23,4)5/h7-11,13-14,17,22-24,26H,6,12,15-16H2,1-5H3,(H,29,30)/t22-,23-,24-,26+/m0/s1. The van der Waals surface area contributed by atoms with Crippen LogP contribution in [0.25, 0.3) is 0 Å².